The predicted molar refractivity (Wildman–Crippen MR) is 147 cm³/mol. The fourth-order valence-electron chi connectivity index (χ4n) is 6.92. The van der Waals surface area contributed by atoms with Crippen molar-refractivity contribution in [1.82, 2.24) is 19.8 Å². The number of hydrogen-bond acceptors (Lipinski definition) is 6. The average molecular weight is 578 g/mol. The Morgan fingerprint density at radius 1 is 1.15 bits per heavy atom. The summed E-state index contributed by atoms with van der Waals surface area (Å²) in [7, 11) is 0. The Morgan fingerprint density at radius 2 is 1.90 bits per heavy atom. The molecule has 0 spiro atoms. The zero-order valence-corrected chi connectivity index (χ0v) is 23.4. The number of anilines is 1. The Bertz CT molecular complexity index is 1190. The van der Waals surface area contributed by atoms with E-state index in [9.17, 15) is 27.5 Å². The van der Waals surface area contributed by atoms with E-state index in [4.69, 9.17) is 0 Å². The lowest BCUT2D eigenvalue weighted by Gasteiger charge is -2.40. The number of alkyl halides is 3. The van der Waals surface area contributed by atoms with Gasteiger partial charge in [-0.25, -0.2) is 14.4 Å². The maximum atomic E-state index is 14.2. The predicted octanol–water partition coefficient (Wildman–Crippen LogP) is 5.28. The second-order valence-electron chi connectivity index (χ2n) is 11.8. The summed E-state index contributed by atoms with van der Waals surface area (Å²) >= 11 is 0. The highest BCUT2D eigenvalue weighted by Gasteiger charge is 2.44. The second-order valence-corrected chi connectivity index (χ2v) is 11.8. The zero-order valence-electron chi connectivity index (χ0n) is 23.4. The van der Waals surface area contributed by atoms with Gasteiger partial charge in [0.2, 0.25) is 5.95 Å². The van der Waals surface area contributed by atoms with Crippen molar-refractivity contribution in [3.63, 3.8) is 0 Å². The first-order chi connectivity index (χ1) is 19.6. The molecule has 3 aliphatic rings. The summed E-state index contributed by atoms with van der Waals surface area (Å²) in [6.07, 6.45) is 1.87. The Kier molecular flexibility index (Phi) is 9.13. The Hall–Kier alpha value is -2.79. The summed E-state index contributed by atoms with van der Waals surface area (Å²) in [4.78, 5) is 26.7. The van der Waals surface area contributed by atoms with Crippen LogP contribution in [0.5, 0.6) is 0 Å². The van der Waals surface area contributed by atoms with Gasteiger partial charge in [0.1, 0.15) is 17.6 Å². The molecular weight excluding hydrogens is 538 g/mol. The normalized spacial score (nSPS) is 23.8. The van der Waals surface area contributed by atoms with Crippen LogP contribution in [-0.4, -0.2) is 82.2 Å². The van der Waals surface area contributed by atoms with Gasteiger partial charge in [-0.3, -0.25) is 9.69 Å². The van der Waals surface area contributed by atoms with Crippen LogP contribution in [0.2, 0.25) is 0 Å². The minimum absolute atomic E-state index is 0.0282. The molecule has 1 N–H and O–H groups in total. The first-order valence-electron chi connectivity index (χ1n) is 14.8. The molecule has 0 bridgehead atoms. The summed E-state index contributed by atoms with van der Waals surface area (Å²) < 4.78 is 54.1. The SMILES string of the molecule is CCCN(c1nccc(C(F)(F)F)n1)C1CCN(C[C@H]2CN([C@@H](C(=O)O)C3CCC3)C[C@@H]2c2cccc(F)c2)CC1. The van der Waals surface area contributed by atoms with Crippen LogP contribution < -0.4 is 4.90 Å². The third kappa shape index (κ3) is 6.83. The van der Waals surface area contributed by atoms with Crippen LogP contribution in [-0.2, 0) is 11.0 Å². The third-order valence-electron chi connectivity index (χ3n) is 9.13. The van der Waals surface area contributed by atoms with E-state index in [1.807, 2.05) is 17.9 Å². The number of piperidine rings is 1. The van der Waals surface area contributed by atoms with Crippen molar-refractivity contribution in [3.8, 4) is 0 Å². The molecule has 3 fully saturated rings. The van der Waals surface area contributed by atoms with Crippen LogP contribution in [0.1, 0.15) is 62.6 Å². The van der Waals surface area contributed by atoms with E-state index in [2.05, 4.69) is 19.8 Å². The first kappa shape index (κ1) is 29.7. The molecule has 1 aromatic heterocycles. The highest BCUT2D eigenvalue weighted by Crippen LogP contribution is 2.40. The van der Waals surface area contributed by atoms with Crippen molar-refractivity contribution < 1.29 is 27.5 Å². The molecule has 7 nitrogen and oxygen atoms in total. The summed E-state index contributed by atoms with van der Waals surface area (Å²) in [5.41, 5.74) is -0.0299. The second kappa shape index (κ2) is 12.6. The molecule has 0 radical (unpaired) electrons. The van der Waals surface area contributed by atoms with Gasteiger partial charge < -0.3 is 14.9 Å². The molecule has 1 saturated carbocycles. The molecule has 224 valence electrons. The van der Waals surface area contributed by atoms with Crippen LogP contribution >= 0.6 is 0 Å². The van der Waals surface area contributed by atoms with E-state index in [1.165, 1.54) is 12.3 Å². The number of carboxylic acid groups (broad SMARTS) is 1. The summed E-state index contributed by atoms with van der Waals surface area (Å²) in [6, 6.07) is 7.08. The topological polar surface area (TPSA) is 72.8 Å². The van der Waals surface area contributed by atoms with Gasteiger partial charge in [-0.2, -0.15) is 13.2 Å². The third-order valence-corrected chi connectivity index (χ3v) is 9.13. The molecule has 1 aromatic carbocycles. The number of aliphatic carboxylic acids is 1. The standard InChI is InChI=1S/C30H39F4N5O2/c1-2-13-39(29-35-12-9-26(36-29)30(32,33)34)24-10-14-37(15-11-24)17-22-18-38(27(28(40)41)20-5-3-6-20)19-25(22)21-7-4-8-23(31)16-21/h4,7-9,12,16,20,22,24-25,27H,2-3,5-6,10-11,13-15,17-19H2,1H3,(H,40,41)/t22-,25+,27+/m0/s1. The van der Waals surface area contributed by atoms with Gasteiger partial charge >= 0.3 is 12.1 Å². The minimum Gasteiger partial charge on any atom is -0.480 e. The molecule has 0 amide bonds. The van der Waals surface area contributed by atoms with Gasteiger partial charge in [0, 0.05) is 57.4 Å². The molecule has 2 aromatic rings. The number of nitrogens with zero attached hydrogens (tertiary/aromatic N) is 5. The largest absolute Gasteiger partial charge is 0.480 e. The quantitative estimate of drug-likeness (QED) is 0.385. The van der Waals surface area contributed by atoms with Gasteiger partial charge in [-0.15, -0.1) is 0 Å². The summed E-state index contributed by atoms with van der Waals surface area (Å²) in [5, 5.41) is 10.1. The molecule has 5 rings (SSSR count). The molecular formula is C30H39F4N5O2. The van der Waals surface area contributed by atoms with Crippen LogP contribution in [0.3, 0.4) is 0 Å². The van der Waals surface area contributed by atoms with Crippen LogP contribution in [0, 0.1) is 17.7 Å². The van der Waals surface area contributed by atoms with Crippen LogP contribution in [0.25, 0.3) is 0 Å². The number of benzene rings is 1. The zero-order chi connectivity index (χ0) is 29.1. The highest BCUT2D eigenvalue weighted by molar-refractivity contribution is 5.74. The van der Waals surface area contributed by atoms with Crippen molar-refractivity contribution >= 4 is 11.9 Å². The number of carbonyl (C=O) groups is 1. The number of carboxylic acids is 1. The Labute approximate surface area is 238 Å². The van der Waals surface area contributed by atoms with E-state index >= 15 is 0 Å². The lowest BCUT2D eigenvalue weighted by molar-refractivity contribution is -0.146. The summed E-state index contributed by atoms with van der Waals surface area (Å²) in [5.74, 6) is -0.607. The number of halogens is 4. The number of likely N-dealkylation sites (tertiary alicyclic amines) is 2. The molecule has 41 heavy (non-hydrogen) atoms. The maximum Gasteiger partial charge on any atom is 0.433 e. The van der Waals surface area contributed by atoms with E-state index in [1.54, 1.807) is 12.1 Å². The molecule has 3 heterocycles. The van der Waals surface area contributed by atoms with Gasteiger partial charge in [-0.05, 0) is 67.7 Å². The monoisotopic (exact) mass is 577 g/mol. The minimum atomic E-state index is -4.52. The van der Waals surface area contributed by atoms with Gasteiger partial charge in [0.05, 0.1) is 0 Å². The van der Waals surface area contributed by atoms with Gasteiger partial charge in [0.15, 0.2) is 0 Å². The smallest absolute Gasteiger partial charge is 0.433 e. The van der Waals surface area contributed by atoms with E-state index in [0.29, 0.717) is 19.6 Å². The van der Waals surface area contributed by atoms with Crippen LogP contribution in [0.15, 0.2) is 36.5 Å². The number of aromatic nitrogens is 2. The van der Waals surface area contributed by atoms with Crippen LogP contribution in [0.4, 0.5) is 23.5 Å². The molecule has 1 aliphatic carbocycles. The molecule has 0 unspecified atom stereocenters. The van der Waals surface area contributed by atoms with Crippen molar-refractivity contribution in [2.45, 2.75) is 69.6 Å². The van der Waals surface area contributed by atoms with Crippen molar-refractivity contribution in [2.24, 2.45) is 11.8 Å². The Morgan fingerprint density at radius 3 is 2.51 bits per heavy atom. The van der Waals surface area contributed by atoms with E-state index < -0.39 is 23.9 Å². The van der Waals surface area contributed by atoms with E-state index in [0.717, 1.165) is 69.8 Å². The van der Waals surface area contributed by atoms with Gasteiger partial charge in [-0.1, -0.05) is 25.5 Å². The Balaban J connectivity index is 1.27. The van der Waals surface area contributed by atoms with E-state index in [-0.39, 0.29) is 35.6 Å². The molecule has 2 saturated heterocycles. The fraction of sp³-hybridized carbons (Fsp3) is 0.633. The lowest BCUT2D eigenvalue weighted by atomic mass is 9.79. The fourth-order valence-corrected chi connectivity index (χ4v) is 6.92. The molecule has 3 atom stereocenters. The molecule has 11 heteroatoms. The maximum absolute atomic E-state index is 14.2. The van der Waals surface area contributed by atoms with Gasteiger partial charge in [0.25, 0.3) is 0 Å². The number of hydrogen-bond donors (Lipinski definition) is 1. The summed E-state index contributed by atoms with van der Waals surface area (Å²) in [6.45, 7) is 6.09. The van der Waals surface area contributed by atoms with Crippen molar-refractivity contribution in [2.75, 3.05) is 44.2 Å². The number of rotatable bonds is 10. The lowest BCUT2D eigenvalue weighted by Crippen LogP contribution is -2.48. The molecule has 2 aliphatic heterocycles. The first-order valence-corrected chi connectivity index (χ1v) is 14.8. The average Bonchev–Trinajstić information content (AvgIpc) is 3.32. The van der Waals surface area contributed by atoms with Crippen molar-refractivity contribution in [1.29, 1.82) is 0 Å². The highest BCUT2D eigenvalue weighted by atomic mass is 19.4. The van der Waals surface area contributed by atoms with Crippen molar-refractivity contribution in [3.05, 3.63) is 53.6 Å².